The molecule has 0 aliphatic carbocycles. The fourth-order valence-corrected chi connectivity index (χ4v) is 2.76. The van der Waals surface area contributed by atoms with Crippen LogP contribution in [-0.2, 0) is 0 Å². The number of benzene rings is 1. The Labute approximate surface area is 141 Å². The van der Waals surface area contributed by atoms with Gasteiger partial charge in [-0.2, -0.15) is 0 Å². The van der Waals surface area contributed by atoms with Gasteiger partial charge < -0.3 is 5.73 Å². The van der Waals surface area contributed by atoms with Crippen LogP contribution in [0.3, 0.4) is 0 Å². The van der Waals surface area contributed by atoms with Crippen LogP contribution in [0.15, 0.2) is 71.1 Å². The van der Waals surface area contributed by atoms with Crippen molar-refractivity contribution >= 4 is 28.2 Å². The molecule has 0 bridgehead atoms. The molecule has 2 N–H and O–H groups in total. The zero-order chi connectivity index (χ0) is 16.7. The Morgan fingerprint density at radius 2 is 1.96 bits per heavy atom. The molecule has 0 saturated carbocycles. The highest BCUT2D eigenvalue weighted by molar-refractivity contribution is 7.10. The second-order valence-electron chi connectivity index (χ2n) is 5.12. The maximum absolute atomic E-state index is 5.70. The summed E-state index contributed by atoms with van der Waals surface area (Å²) >= 11 is 1.63. The van der Waals surface area contributed by atoms with Crippen molar-refractivity contribution in [1.82, 2.24) is 4.98 Å². The van der Waals surface area contributed by atoms with Crippen molar-refractivity contribution < 1.29 is 0 Å². The Kier molecular flexibility index (Phi) is 6.06. The number of rotatable bonds is 5. The second-order valence-corrected chi connectivity index (χ2v) is 6.01. The van der Waals surface area contributed by atoms with Gasteiger partial charge in [0.2, 0.25) is 0 Å². The average molecular weight is 323 g/mol. The molecular formula is C19H21N3S. The van der Waals surface area contributed by atoms with Gasteiger partial charge in [0, 0.05) is 29.4 Å². The molecule has 0 amide bonds. The van der Waals surface area contributed by atoms with Crippen molar-refractivity contribution in [2.45, 2.75) is 20.8 Å². The molecule has 0 aliphatic heterocycles. The Hall–Kier alpha value is -2.46. The van der Waals surface area contributed by atoms with Gasteiger partial charge in [0.1, 0.15) is 0 Å². The molecule has 3 nitrogen and oxygen atoms in total. The molecule has 4 heteroatoms. The van der Waals surface area contributed by atoms with Gasteiger partial charge in [-0.3, -0.25) is 9.98 Å². The number of aliphatic imine (C=N–C) groups is 1. The molecule has 1 aromatic carbocycles. The maximum Gasteiger partial charge on any atom is 0.0797 e. The van der Waals surface area contributed by atoms with Gasteiger partial charge in [-0.05, 0) is 38.0 Å². The van der Waals surface area contributed by atoms with Crippen LogP contribution in [0.5, 0.6) is 0 Å². The molecule has 2 rings (SSSR count). The van der Waals surface area contributed by atoms with E-state index >= 15 is 0 Å². The van der Waals surface area contributed by atoms with Gasteiger partial charge in [-0.1, -0.05) is 36.4 Å². The predicted molar refractivity (Wildman–Crippen MR) is 101 cm³/mol. The summed E-state index contributed by atoms with van der Waals surface area (Å²) in [5.74, 6) is 0. The van der Waals surface area contributed by atoms with Crippen LogP contribution >= 0.6 is 11.3 Å². The highest BCUT2D eigenvalue weighted by atomic mass is 32.1. The number of thiazole rings is 1. The van der Waals surface area contributed by atoms with Gasteiger partial charge in [0.15, 0.2) is 0 Å². The molecule has 0 fully saturated rings. The molecule has 0 spiro atoms. The minimum atomic E-state index is 0.686. The van der Waals surface area contributed by atoms with E-state index in [0.717, 1.165) is 27.3 Å². The summed E-state index contributed by atoms with van der Waals surface area (Å²) < 4.78 is 0. The highest BCUT2D eigenvalue weighted by Crippen LogP contribution is 2.26. The largest absolute Gasteiger partial charge is 0.401 e. The smallest absolute Gasteiger partial charge is 0.0797 e. The first-order valence-corrected chi connectivity index (χ1v) is 8.29. The van der Waals surface area contributed by atoms with Crippen LogP contribution in [0.1, 0.15) is 31.2 Å². The molecule has 0 radical (unpaired) electrons. The number of hydrogen-bond donors (Lipinski definition) is 1. The van der Waals surface area contributed by atoms with Gasteiger partial charge >= 0.3 is 0 Å². The van der Waals surface area contributed by atoms with Crippen molar-refractivity contribution in [3.05, 3.63) is 76.5 Å². The maximum atomic E-state index is 5.70. The zero-order valence-corrected chi connectivity index (χ0v) is 14.5. The van der Waals surface area contributed by atoms with E-state index in [9.17, 15) is 0 Å². The van der Waals surface area contributed by atoms with E-state index in [1.807, 2.05) is 50.7 Å². The average Bonchev–Trinajstić information content (AvgIpc) is 3.09. The molecule has 0 aliphatic rings. The third kappa shape index (κ3) is 4.76. The summed E-state index contributed by atoms with van der Waals surface area (Å²) in [6.45, 7) is 5.86. The molecule has 23 heavy (non-hydrogen) atoms. The lowest BCUT2D eigenvalue weighted by molar-refractivity contribution is 1.27. The summed E-state index contributed by atoms with van der Waals surface area (Å²) in [7, 11) is 0. The fourth-order valence-electron chi connectivity index (χ4n) is 2.09. The van der Waals surface area contributed by atoms with E-state index in [4.69, 9.17) is 5.73 Å². The molecule has 0 unspecified atom stereocenters. The normalized spacial score (nSPS) is 14.2. The van der Waals surface area contributed by atoms with E-state index < -0.39 is 0 Å². The summed E-state index contributed by atoms with van der Waals surface area (Å²) in [5, 5.41) is 0. The van der Waals surface area contributed by atoms with E-state index in [-0.39, 0.29) is 0 Å². The standard InChI is InChI=1S/C19H21N3S/c1-4-16(19-12-21-13-23-19)10-18(15(3)22-11-14(2)20)17-8-6-5-7-9-17/h4-13H,20H2,1-3H3/b14-11+,16-4+,18-10+,22-15+. The van der Waals surface area contributed by atoms with Crippen LogP contribution in [0.4, 0.5) is 0 Å². The third-order valence-electron chi connectivity index (χ3n) is 3.26. The van der Waals surface area contributed by atoms with Crippen LogP contribution in [0.2, 0.25) is 0 Å². The quantitative estimate of drug-likeness (QED) is 0.628. The second kappa shape index (κ2) is 8.25. The van der Waals surface area contributed by atoms with Crippen molar-refractivity contribution in [1.29, 1.82) is 0 Å². The van der Waals surface area contributed by atoms with Gasteiger partial charge in [-0.25, -0.2) is 0 Å². The lowest BCUT2D eigenvalue weighted by atomic mass is 9.98. The van der Waals surface area contributed by atoms with Gasteiger partial charge in [-0.15, -0.1) is 11.3 Å². The van der Waals surface area contributed by atoms with Crippen LogP contribution in [-0.4, -0.2) is 10.7 Å². The Morgan fingerprint density at radius 3 is 2.52 bits per heavy atom. The summed E-state index contributed by atoms with van der Waals surface area (Å²) in [5.41, 5.74) is 12.5. The van der Waals surface area contributed by atoms with Crippen molar-refractivity contribution in [2.24, 2.45) is 10.7 Å². The zero-order valence-electron chi connectivity index (χ0n) is 13.7. The Morgan fingerprint density at radius 1 is 1.22 bits per heavy atom. The van der Waals surface area contributed by atoms with E-state index in [0.29, 0.717) is 5.70 Å². The first-order valence-electron chi connectivity index (χ1n) is 7.41. The number of aromatic nitrogens is 1. The molecule has 2 aromatic rings. The summed E-state index contributed by atoms with van der Waals surface area (Å²) in [6.07, 6.45) is 7.82. The van der Waals surface area contributed by atoms with Crippen LogP contribution < -0.4 is 5.73 Å². The van der Waals surface area contributed by atoms with Crippen molar-refractivity contribution in [3.8, 4) is 0 Å². The summed E-state index contributed by atoms with van der Waals surface area (Å²) in [4.78, 5) is 9.80. The predicted octanol–water partition coefficient (Wildman–Crippen LogP) is 4.91. The van der Waals surface area contributed by atoms with E-state index in [1.165, 1.54) is 0 Å². The molecule has 0 saturated heterocycles. The Balaban J connectivity index is 2.52. The number of hydrogen-bond acceptors (Lipinski definition) is 4. The van der Waals surface area contributed by atoms with Crippen LogP contribution in [0, 0.1) is 0 Å². The third-order valence-corrected chi connectivity index (χ3v) is 4.09. The molecular weight excluding hydrogens is 302 g/mol. The van der Waals surface area contributed by atoms with Crippen LogP contribution in [0.25, 0.3) is 11.1 Å². The lowest BCUT2D eigenvalue weighted by Crippen LogP contribution is -1.98. The monoisotopic (exact) mass is 323 g/mol. The first-order chi connectivity index (χ1) is 11.1. The molecule has 118 valence electrons. The number of nitrogens with zero attached hydrogens (tertiary/aromatic N) is 2. The van der Waals surface area contributed by atoms with Gasteiger partial charge in [0.05, 0.1) is 10.4 Å². The first kappa shape index (κ1) is 16.9. The molecule has 1 heterocycles. The van der Waals surface area contributed by atoms with Crippen molar-refractivity contribution in [3.63, 3.8) is 0 Å². The Bertz CT molecular complexity index is 747. The minimum Gasteiger partial charge on any atom is -0.401 e. The minimum absolute atomic E-state index is 0.686. The topological polar surface area (TPSA) is 51.3 Å². The van der Waals surface area contributed by atoms with Crippen molar-refractivity contribution in [2.75, 3.05) is 0 Å². The molecule has 1 aromatic heterocycles. The SMILES string of the molecule is C\C=C(/C=C(\C(C)=N\C=C(/C)N)c1ccccc1)c1cncs1. The van der Waals surface area contributed by atoms with E-state index in [1.54, 1.807) is 17.5 Å². The van der Waals surface area contributed by atoms with E-state index in [2.05, 4.69) is 34.3 Å². The summed E-state index contributed by atoms with van der Waals surface area (Å²) in [6, 6.07) is 10.2. The highest BCUT2D eigenvalue weighted by Gasteiger charge is 2.08. The van der Waals surface area contributed by atoms with Gasteiger partial charge in [0.25, 0.3) is 0 Å². The number of allylic oxidation sites excluding steroid dienone is 5. The number of nitrogens with two attached hydrogens (primary N) is 1. The fraction of sp³-hybridized carbons (Fsp3) is 0.158. The molecule has 0 atom stereocenters. The lowest BCUT2D eigenvalue weighted by Gasteiger charge is -2.09.